The Morgan fingerprint density at radius 1 is 1.14 bits per heavy atom. The highest BCUT2D eigenvalue weighted by molar-refractivity contribution is 7.14. The van der Waals surface area contributed by atoms with Gasteiger partial charge in [-0.15, -0.1) is 22.7 Å². The van der Waals surface area contributed by atoms with Crippen molar-refractivity contribution in [3.8, 4) is 16.3 Å². The molecule has 1 fully saturated rings. The van der Waals surface area contributed by atoms with Crippen molar-refractivity contribution in [3.63, 3.8) is 0 Å². The normalized spacial score (nSPS) is 14.8. The number of anilines is 1. The van der Waals surface area contributed by atoms with E-state index in [1.807, 2.05) is 35.2 Å². The first kappa shape index (κ1) is 18.9. The smallest absolute Gasteiger partial charge is 0.322 e. The molecule has 0 bridgehead atoms. The van der Waals surface area contributed by atoms with Crippen LogP contribution in [0, 0.1) is 0 Å². The highest BCUT2D eigenvalue weighted by Gasteiger charge is 2.22. The van der Waals surface area contributed by atoms with E-state index < -0.39 is 0 Å². The van der Waals surface area contributed by atoms with Crippen LogP contribution in [0.3, 0.4) is 0 Å². The SMILES string of the molecule is COc1ccccc1NC(=O)N1CCN(Cc2nc(-c3cccs3)cs2)CC1. The van der Waals surface area contributed by atoms with Crippen LogP contribution in [-0.4, -0.2) is 54.1 Å². The molecule has 1 aliphatic heterocycles. The van der Waals surface area contributed by atoms with Gasteiger partial charge in [-0.2, -0.15) is 0 Å². The first-order valence-corrected chi connectivity index (χ1v) is 10.9. The topological polar surface area (TPSA) is 57.7 Å². The van der Waals surface area contributed by atoms with Crippen LogP contribution in [0.25, 0.3) is 10.6 Å². The fourth-order valence-electron chi connectivity index (χ4n) is 3.16. The first-order chi connectivity index (χ1) is 13.7. The van der Waals surface area contributed by atoms with E-state index in [-0.39, 0.29) is 6.03 Å². The van der Waals surface area contributed by atoms with E-state index >= 15 is 0 Å². The molecule has 1 saturated heterocycles. The Balaban J connectivity index is 1.29. The second-order valence-corrected chi connectivity index (χ2v) is 8.39. The Bertz CT molecular complexity index is 918. The fourth-order valence-corrected chi connectivity index (χ4v) is 4.76. The molecule has 4 rings (SSSR count). The van der Waals surface area contributed by atoms with Gasteiger partial charge in [-0.3, -0.25) is 4.90 Å². The molecule has 6 nitrogen and oxygen atoms in total. The number of nitrogens with one attached hydrogen (secondary N) is 1. The van der Waals surface area contributed by atoms with Crippen molar-refractivity contribution in [3.05, 3.63) is 52.2 Å². The molecule has 0 unspecified atom stereocenters. The largest absolute Gasteiger partial charge is 0.495 e. The molecule has 28 heavy (non-hydrogen) atoms. The maximum atomic E-state index is 12.6. The zero-order valence-electron chi connectivity index (χ0n) is 15.6. The van der Waals surface area contributed by atoms with E-state index in [0.29, 0.717) is 24.5 Å². The van der Waals surface area contributed by atoms with Crippen LogP contribution in [-0.2, 0) is 6.54 Å². The summed E-state index contributed by atoms with van der Waals surface area (Å²) in [6.45, 7) is 3.91. The number of methoxy groups -OCH3 is 1. The monoisotopic (exact) mass is 414 g/mol. The van der Waals surface area contributed by atoms with Crippen LogP contribution >= 0.6 is 22.7 Å². The maximum absolute atomic E-state index is 12.6. The summed E-state index contributed by atoms with van der Waals surface area (Å²) in [5, 5.41) is 8.27. The molecular formula is C20H22N4O2S2. The van der Waals surface area contributed by atoms with Gasteiger partial charge >= 0.3 is 6.03 Å². The van der Waals surface area contributed by atoms with E-state index in [1.54, 1.807) is 29.8 Å². The Morgan fingerprint density at radius 3 is 2.71 bits per heavy atom. The molecule has 1 N–H and O–H groups in total. The van der Waals surface area contributed by atoms with Crippen LogP contribution in [0.2, 0.25) is 0 Å². The van der Waals surface area contributed by atoms with E-state index in [0.717, 1.165) is 30.3 Å². The van der Waals surface area contributed by atoms with Crippen molar-refractivity contribution in [2.24, 2.45) is 0 Å². The molecule has 2 aromatic heterocycles. The predicted octanol–water partition coefficient (Wildman–Crippen LogP) is 4.23. The lowest BCUT2D eigenvalue weighted by molar-refractivity contribution is 0.143. The number of aromatic nitrogens is 1. The summed E-state index contributed by atoms with van der Waals surface area (Å²) in [5.74, 6) is 0.666. The lowest BCUT2D eigenvalue weighted by Crippen LogP contribution is -2.49. The average Bonchev–Trinajstić information content (AvgIpc) is 3.41. The second kappa shape index (κ2) is 8.72. The molecule has 1 aliphatic rings. The summed E-state index contributed by atoms with van der Waals surface area (Å²) in [5.41, 5.74) is 1.76. The number of para-hydroxylation sites is 2. The lowest BCUT2D eigenvalue weighted by atomic mass is 10.3. The maximum Gasteiger partial charge on any atom is 0.322 e. The van der Waals surface area contributed by atoms with Gasteiger partial charge in [0.1, 0.15) is 10.8 Å². The number of amides is 2. The molecule has 1 aromatic carbocycles. The molecule has 0 radical (unpaired) electrons. The fraction of sp³-hybridized carbons (Fsp3) is 0.300. The number of hydrogen-bond donors (Lipinski definition) is 1. The van der Waals surface area contributed by atoms with E-state index in [4.69, 9.17) is 9.72 Å². The predicted molar refractivity (Wildman–Crippen MR) is 114 cm³/mol. The van der Waals surface area contributed by atoms with Crippen LogP contribution in [0.1, 0.15) is 5.01 Å². The van der Waals surface area contributed by atoms with Crippen LogP contribution in [0.5, 0.6) is 5.75 Å². The molecule has 2 amide bonds. The zero-order valence-corrected chi connectivity index (χ0v) is 17.3. The van der Waals surface area contributed by atoms with Crippen molar-refractivity contribution in [1.82, 2.24) is 14.8 Å². The van der Waals surface area contributed by atoms with Gasteiger partial charge < -0.3 is 15.0 Å². The molecule has 8 heteroatoms. The Labute approximate surface area is 172 Å². The van der Waals surface area contributed by atoms with Gasteiger partial charge in [-0.25, -0.2) is 9.78 Å². The molecule has 0 atom stereocenters. The third-order valence-corrected chi connectivity index (χ3v) is 6.42. The third kappa shape index (κ3) is 4.35. The molecule has 146 valence electrons. The Hall–Kier alpha value is -2.42. The van der Waals surface area contributed by atoms with Gasteiger partial charge in [0.15, 0.2) is 0 Å². The summed E-state index contributed by atoms with van der Waals surface area (Å²) in [6, 6.07) is 11.5. The van der Waals surface area contributed by atoms with Gasteiger partial charge in [0.25, 0.3) is 0 Å². The van der Waals surface area contributed by atoms with Gasteiger partial charge in [0.2, 0.25) is 0 Å². The highest BCUT2D eigenvalue weighted by atomic mass is 32.1. The zero-order chi connectivity index (χ0) is 19.3. The number of thiophene rings is 1. The minimum atomic E-state index is -0.0848. The number of hydrogen-bond acceptors (Lipinski definition) is 6. The number of carbonyl (C=O) groups is 1. The molecule has 3 aromatic rings. The molecule has 0 saturated carbocycles. The van der Waals surface area contributed by atoms with Gasteiger partial charge in [0, 0.05) is 31.6 Å². The average molecular weight is 415 g/mol. The standard InChI is InChI=1S/C20H22N4O2S2/c1-26-17-6-3-2-5-15(17)22-20(25)24-10-8-23(9-11-24)13-19-21-16(14-28-19)18-7-4-12-27-18/h2-7,12,14H,8-11,13H2,1H3,(H,22,25). The van der Waals surface area contributed by atoms with E-state index in [9.17, 15) is 4.79 Å². The summed E-state index contributed by atoms with van der Waals surface area (Å²) in [4.78, 5) is 22.7. The lowest BCUT2D eigenvalue weighted by Gasteiger charge is -2.34. The molecular weight excluding hydrogens is 392 g/mol. The number of thiazole rings is 1. The van der Waals surface area contributed by atoms with Crippen molar-refractivity contribution in [1.29, 1.82) is 0 Å². The quantitative estimate of drug-likeness (QED) is 0.679. The Kier molecular flexibility index (Phi) is 5.90. The molecule has 0 spiro atoms. The summed E-state index contributed by atoms with van der Waals surface area (Å²) in [7, 11) is 1.60. The summed E-state index contributed by atoms with van der Waals surface area (Å²) < 4.78 is 5.30. The number of nitrogens with zero attached hydrogens (tertiary/aromatic N) is 3. The van der Waals surface area contributed by atoms with Gasteiger partial charge in [-0.1, -0.05) is 18.2 Å². The number of rotatable bonds is 5. The summed E-state index contributed by atoms with van der Waals surface area (Å²) in [6.07, 6.45) is 0. The number of ether oxygens (including phenoxy) is 1. The van der Waals surface area contributed by atoms with Gasteiger partial charge in [0.05, 0.1) is 29.9 Å². The highest BCUT2D eigenvalue weighted by Crippen LogP contribution is 2.27. The molecule has 3 heterocycles. The number of piperazine rings is 1. The van der Waals surface area contributed by atoms with E-state index in [1.165, 1.54) is 4.88 Å². The van der Waals surface area contributed by atoms with Crippen LogP contribution in [0.4, 0.5) is 10.5 Å². The number of urea groups is 1. The minimum Gasteiger partial charge on any atom is -0.495 e. The van der Waals surface area contributed by atoms with Crippen LogP contribution < -0.4 is 10.1 Å². The number of carbonyl (C=O) groups excluding carboxylic acids is 1. The van der Waals surface area contributed by atoms with E-state index in [2.05, 4.69) is 27.0 Å². The first-order valence-electron chi connectivity index (χ1n) is 9.12. The van der Waals surface area contributed by atoms with Crippen molar-refractivity contribution in [2.45, 2.75) is 6.54 Å². The van der Waals surface area contributed by atoms with Crippen molar-refractivity contribution >= 4 is 34.4 Å². The van der Waals surface area contributed by atoms with Gasteiger partial charge in [-0.05, 0) is 23.6 Å². The Morgan fingerprint density at radius 2 is 1.96 bits per heavy atom. The second-order valence-electron chi connectivity index (χ2n) is 6.50. The summed E-state index contributed by atoms with van der Waals surface area (Å²) >= 11 is 3.41. The molecule has 0 aliphatic carbocycles. The number of benzene rings is 1. The minimum absolute atomic E-state index is 0.0848. The van der Waals surface area contributed by atoms with Crippen LogP contribution in [0.15, 0.2) is 47.2 Å². The van der Waals surface area contributed by atoms with Crippen molar-refractivity contribution < 1.29 is 9.53 Å². The van der Waals surface area contributed by atoms with Crippen molar-refractivity contribution in [2.75, 3.05) is 38.6 Å². The third-order valence-electron chi connectivity index (χ3n) is 4.69.